The zero-order valence-electron chi connectivity index (χ0n) is 12.5. The van der Waals surface area contributed by atoms with Gasteiger partial charge in [0.2, 0.25) is 11.7 Å². The minimum Gasteiger partial charge on any atom is -0.379 e. The van der Waals surface area contributed by atoms with E-state index >= 15 is 0 Å². The van der Waals surface area contributed by atoms with E-state index in [4.69, 9.17) is 9.26 Å². The van der Waals surface area contributed by atoms with Crippen molar-refractivity contribution in [1.29, 1.82) is 0 Å². The van der Waals surface area contributed by atoms with Gasteiger partial charge in [0.15, 0.2) is 0 Å². The van der Waals surface area contributed by atoms with Crippen LogP contribution in [0.2, 0.25) is 0 Å². The zero-order chi connectivity index (χ0) is 16.4. The average Bonchev–Trinajstić information content (AvgIpc) is 2.98. The largest absolute Gasteiger partial charge is 0.416 e. The second-order valence-corrected chi connectivity index (χ2v) is 5.48. The van der Waals surface area contributed by atoms with Crippen LogP contribution in [-0.4, -0.2) is 40.8 Å². The Labute approximate surface area is 131 Å². The number of nitrogens with zero attached hydrogens (tertiary/aromatic N) is 3. The molecule has 1 saturated heterocycles. The first-order chi connectivity index (χ1) is 10.9. The van der Waals surface area contributed by atoms with Gasteiger partial charge in [-0.1, -0.05) is 17.3 Å². The Bertz CT molecular complexity index is 672. The zero-order valence-corrected chi connectivity index (χ0v) is 12.5. The number of rotatable bonds is 3. The fraction of sp³-hybridized carbons (Fsp3) is 0.467. The van der Waals surface area contributed by atoms with E-state index in [0.29, 0.717) is 25.6 Å². The van der Waals surface area contributed by atoms with Crippen molar-refractivity contribution in [3.63, 3.8) is 0 Å². The second-order valence-electron chi connectivity index (χ2n) is 5.48. The molecule has 1 fully saturated rings. The van der Waals surface area contributed by atoms with E-state index in [2.05, 4.69) is 15.0 Å². The molecule has 23 heavy (non-hydrogen) atoms. The maximum absolute atomic E-state index is 12.8. The summed E-state index contributed by atoms with van der Waals surface area (Å²) in [5.41, 5.74) is -0.451. The maximum atomic E-state index is 12.8. The van der Waals surface area contributed by atoms with Crippen LogP contribution < -0.4 is 0 Å². The number of morpholine rings is 1. The van der Waals surface area contributed by atoms with E-state index < -0.39 is 11.7 Å². The van der Waals surface area contributed by atoms with Crippen molar-refractivity contribution in [2.75, 3.05) is 19.8 Å². The fourth-order valence-corrected chi connectivity index (χ4v) is 2.44. The predicted octanol–water partition coefficient (Wildman–Crippen LogP) is 2.98. The van der Waals surface area contributed by atoms with Gasteiger partial charge >= 0.3 is 6.18 Å². The van der Waals surface area contributed by atoms with Crippen molar-refractivity contribution in [3.05, 3.63) is 35.7 Å². The Kier molecular flexibility index (Phi) is 4.36. The molecular weight excluding hydrogens is 311 g/mol. The van der Waals surface area contributed by atoms with Gasteiger partial charge in [-0.3, -0.25) is 4.90 Å². The molecule has 2 aromatic rings. The van der Waals surface area contributed by atoms with Gasteiger partial charge in [0.1, 0.15) is 0 Å². The molecule has 1 atom stereocenters. The van der Waals surface area contributed by atoms with Crippen molar-refractivity contribution >= 4 is 0 Å². The molecule has 3 rings (SSSR count). The highest BCUT2D eigenvalue weighted by atomic mass is 19.4. The third-order valence-electron chi connectivity index (χ3n) is 3.76. The number of hydrogen-bond donors (Lipinski definition) is 0. The first-order valence-corrected chi connectivity index (χ1v) is 7.25. The first kappa shape index (κ1) is 15.9. The first-order valence-electron chi connectivity index (χ1n) is 7.25. The summed E-state index contributed by atoms with van der Waals surface area (Å²) in [6, 6.07) is 5.12. The molecule has 0 amide bonds. The molecule has 0 saturated carbocycles. The summed E-state index contributed by atoms with van der Waals surface area (Å²) in [5, 5.41) is 3.79. The number of alkyl halides is 3. The molecule has 8 heteroatoms. The van der Waals surface area contributed by atoms with E-state index in [-0.39, 0.29) is 17.4 Å². The molecule has 1 aromatic carbocycles. The van der Waals surface area contributed by atoms with Crippen LogP contribution in [-0.2, 0) is 17.5 Å². The van der Waals surface area contributed by atoms with Crippen LogP contribution >= 0.6 is 0 Å². The normalized spacial score (nSPS) is 19.9. The highest BCUT2D eigenvalue weighted by Gasteiger charge is 2.31. The van der Waals surface area contributed by atoms with Crippen LogP contribution in [0.3, 0.4) is 0 Å². The smallest absolute Gasteiger partial charge is 0.379 e. The second kappa shape index (κ2) is 6.29. The number of aromatic nitrogens is 2. The molecule has 0 N–H and O–H groups in total. The van der Waals surface area contributed by atoms with Gasteiger partial charge in [-0.05, 0) is 19.1 Å². The number of halogens is 3. The summed E-state index contributed by atoms with van der Waals surface area (Å²) in [5.74, 6) is 0.540. The summed E-state index contributed by atoms with van der Waals surface area (Å²) in [7, 11) is 0. The van der Waals surface area contributed by atoms with Crippen LogP contribution in [0, 0.1) is 0 Å². The van der Waals surface area contributed by atoms with E-state index in [1.165, 1.54) is 12.1 Å². The molecular formula is C15H16F3N3O2. The number of benzene rings is 1. The van der Waals surface area contributed by atoms with Gasteiger partial charge in [-0.25, -0.2) is 0 Å². The molecule has 0 aliphatic carbocycles. The third-order valence-corrected chi connectivity index (χ3v) is 3.76. The minimum absolute atomic E-state index is 0.159. The van der Waals surface area contributed by atoms with Gasteiger partial charge in [-0.15, -0.1) is 0 Å². The lowest BCUT2D eigenvalue weighted by Crippen LogP contribution is -2.42. The summed E-state index contributed by atoms with van der Waals surface area (Å²) < 4.78 is 48.8. The lowest BCUT2D eigenvalue weighted by atomic mass is 10.1. The summed E-state index contributed by atoms with van der Waals surface area (Å²) >= 11 is 0. The van der Waals surface area contributed by atoms with Crippen LogP contribution in [0.25, 0.3) is 11.4 Å². The average molecular weight is 327 g/mol. The SMILES string of the molecule is CC1COCCN1Cc1nc(-c2cccc(C(F)(F)F)c2)no1. The predicted molar refractivity (Wildman–Crippen MR) is 75.4 cm³/mol. The highest BCUT2D eigenvalue weighted by molar-refractivity contribution is 5.55. The molecule has 1 aliphatic rings. The van der Waals surface area contributed by atoms with Crippen LogP contribution in [0.15, 0.2) is 28.8 Å². The van der Waals surface area contributed by atoms with E-state index in [9.17, 15) is 13.2 Å². The molecule has 1 unspecified atom stereocenters. The summed E-state index contributed by atoms with van der Waals surface area (Å²) in [4.78, 5) is 6.34. The molecule has 1 aromatic heterocycles. The lowest BCUT2D eigenvalue weighted by molar-refractivity contribution is -0.137. The maximum Gasteiger partial charge on any atom is 0.416 e. The molecule has 0 spiro atoms. The van der Waals surface area contributed by atoms with Crippen LogP contribution in [0.1, 0.15) is 18.4 Å². The fourth-order valence-electron chi connectivity index (χ4n) is 2.44. The monoisotopic (exact) mass is 327 g/mol. The lowest BCUT2D eigenvalue weighted by Gasteiger charge is -2.31. The van der Waals surface area contributed by atoms with Gasteiger partial charge in [0, 0.05) is 18.2 Å². The quantitative estimate of drug-likeness (QED) is 0.867. The molecule has 2 heterocycles. The number of hydrogen-bond acceptors (Lipinski definition) is 5. The molecule has 124 valence electrons. The molecule has 0 bridgehead atoms. The van der Waals surface area contributed by atoms with Crippen molar-refractivity contribution < 1.29 is 22.4 Å². The van der Waals surface area contributed by atoms with Gasteiger partial charge < -0.3 is 9.26 Å². The molecule has 0 radical (unpaired) electrons. The van der Waals surface area contributed by atoms with Gasteiger partial charge in [-0.2, -0.15) is 18.2 Å². The Morgan fingerprint density at radius 2 is 2.17 bits per heavy atom. The van der Waals surface area contributed by atoms with E-state index in [1.54, 1.807) is 0 Å². The standard InChI is InChI=1S/C15H16F3N3O2/c1-10-9-22-6-5-21(10)8-13-19-14(20-23-13)11-3-2-4-12(7-11)15(16,17)18/h2-4,7,10H,5-6,8-9H2,1H3. The van der Waals surface area contributed by atoms with Crippen molar-refractivity contribution in [3.8, 4) is 11.4 Å². The Balaban J connectivity index is 1.77. The van der Waals surface area contributed by atoms with Crippen LogP contribution in [0.5, 0.6) is 0 Å². The van der Waals surface area contributed by atoms with Gasteiger partial charge in [0.05, 0.1) is 25.3 Å². The van der Waals surface area contributed by atoms with Crippen LogP contribution in [0.4, 0.5) is 13.2 Å². The van der Waals surface area contributed by atoms with Gasteiger partial charge in [0.25, 0.3) is 0 Å². The summed E-state index contributed by atoms with van der Waals surface area (Å²) in [6.07, 6.45) is -4.40. The topological polar surface area (TPSA) is 51.4 Å². The Morgan fingerprint density at radius 1 is 1.35 bits per heavy atom. The molecule has 1 aliphatic heterocycles. The van der Waals surface area contributed by atoms with E-state index in [1.807, 2.05) is 6.92 Å². The van der Waals surface area contributed by atoms with E-state index in [0.717, 1.165) is 18.7 Å². The highest BCUT2D eigenvalue weighted by Crippen LogP contribution is 2.31. The minimum atomic E-state index is -4.40. The van der Waals surface area contributed by atoms with Crippen molar-refractivity contribution in [2.45, 2.75) is 25.7 Å². The summed E-state index contributed by atoms with van der Waals surface area (Å²) in [6.45, 7) is 4.51. The Morgan fingerprint density at radius 3 is 2.91 bits per heavy atom. The molecule has 5 nitrogen and oxygen atoms in total. The third kappa shape index (κ3) is 3.70. The number of ether oxygens (including phenoxy) is 1. The van der Waals surface area contributed by atoms with Crippen molar-refractivity contribution in [2.24, 2.45) is 0 Å². The Hall–Kier alpha value is -1.93. The van der Waals surface area contributed by atoms with Crippen molar-refractivity contribution in [1.82, 2.24) is 15.0 Å².